The summed E-state index contributed by atoms with van der Waals surface area (Å²) in [5, 5.41) is 2.74. The van der Waals surface area contributed by atoms with Crippen LogP contribution in [0.4, 0.5) is 0 Å². The number of rotatable bonds is 4. The number of nitrogens with one attached hydrogen (secondary N) is 2. The Labute approximate surface area is 141 Å². The minimum absolute atomic E-state index is 0.0347. The highest BCUT2D eigenvalue weighted by Gasteiger charge is 2.26. The maximum atomic E-state index is 12.2. The van der Waals surface area contributed by atoms with E-state index in [-0.39, 0.29) is 17.7 Å². The van der Waals surface area contributed by atoms with Crippen LogP contribution in [0.1, 0.15) is 51.2 Å². The number of aromatic nitrogens is 4. The molecule has 0 saturated heterocycles. The predicted octanol–water partition coefficient (Wildman–Crippen LogP) is 1.90. The fraction of sp³-hybridized carbons (Fsp3) is 0.375. The van der Waals surface area contributed by atoms with Gasteiger partial charge in [-0.1, -0.05) is 0 Å². The van der Waals surface area contributed by atoms with Gasteiger partial charge in [-0.25, -0.2) is 9.97 Å². The van der Waals surface area contributed by atoms with Gasteiger partial charge in [-0.15, -0.1) is 11.3 Å². The second kappa shape index (κ2) is 5.55. The molecule has 2 N–H and O–H groups in total. The number of hydrogen-bond acceptors (Lipinski definition) is 5. The van der Waals surface area contributed by atoms with Crippen molar-refractivity contribution >= 4 is 22.2 Å². The largest absolute Gasteiger partial charge is 0.346 e. The molecule has 0 aliphatic heterocycles. The number of hydrogen-bond donors (Lipinski definition) is 2. The summed E-state index contributed by atoms with van der Waals surface area (Å²) in [6, 6.07) is 0. The number of carbonyl (C=O) groups excluding carboxylic acids is 1. The molecule has 3 aromatic heterocycles. The third-order valence-corrected chi connectivity index (χ3v) is 5.37. The van der Waals surface area contributed by atoms with Crippen LogP contribution in [-0.2, 0) is 6.54 Å². The van der Waals surface area contributed by atoms with Gasteiger partial charge < -0.3 is 10.3 Å². The normalized spacial score (nSPS) is 14.2. The zero-order valence-corrected chi connectivity index (χ0v) is 14.2. The first-order valence-corrected chi connectivity index (χ1v) is 8.66. The molecule has 24 heavy (non-hydrogen) atoms. The lowest BCUT2D eigenvalue weighted by atomic mass is 10.3. The number of nitrogens with zero attached hydrogens (tertiary/aromatic N) is 3. The molecule has 0 spiro atoms. The molecule has 1 aliphatic rings. The first kappa shape index (κ1) is 15.1. The summed E-state index contributed by atoms with van der Waals surface area (Å²) in [6.07, 6.45) is 5.36. The maximum absolute atomic E-state index is 12.2. The fourth-order valence-electron chi connectivity index (χ4n) is 2.59. The van der Waals surface area contributed by atoms with Crippen LogP contribution >= 0.6 is 11.3 Å². The van der Waals surface area contributed by atoms with E-state index in [1.165, 1.54) is 11.1 Å². The van der Waals surface area contributed by atoms with Crippen molar-refractivity contribution in [2.24, 2.45) is 0 Å². The second-order valence-corrected chi connectivity index (χ2v) is 7.28. The van der Waals surface area contributed by atoms with E-state index in [1.807, 2.05) is 17.5 Å². The zero-order chi connectivity index (χ0) is 16.8. The minimum Gasteiger partial charge on any atom is -0.346 e. The van der Waals surface area contributed by atoms with Crippen LogP contribution < -0.4 is 10.9 Å². The minimum atomic E-state index is -0.435. The third-order valence-electron chi connectivity index (χ3n) is 4.30. The monoisotopic (exact) mass is 343 g/mol. The summed E-state index contributed by atoms with van der Waals surface area (Å²) in [6.45, 7) is 4.37. The molecular weight excluding hydrogens is 326 g/mol. The van der Waals surface area contributed by atoms with Crippen LogP contribution in [0.15, 0.2) is 17.2 Å². The summed E-state index contributed by atoms with van der Waals surface area (Å²) in [5.74, 6) is 0.590. The quantitative estimate of drug-likeness (QED) is 0.757. The summed E-state index contributed by atoms with van der Waals surface area (Å²) in [5.41, 5.74) is 1.56. The van der Waals surface area contributed by atoms with Crippen molar-refractivity contribution in [2.45, 2.75) is 39.2 Å². The van der Waals surface area contributed by atoms with Crippen LogP contribution in [0.2, 0.25) is 0 Å². The number of aromatic amines is 1. The number of thiazole rings is 1. The van der Waals surface area contributed by atoms with E-state index in [1.54, 1.807) is 11.3 Å². The highest BCUT2D eigenvalue weighted by Crippen LogP contribution is 2.37. The highest BCUT2D eigenvalue weighted by molar-refractivity contribution is 7.17. The van der Waals surface area contributed by atoms with Crippen LogP contribution in [0.5, 0.6) is 0 Å². The van der Waals surface area contributed by atoms with Gasteiger partial charge in [0.2, 0.25) is 0 Å². The van der Waals surface area contributed by atoms with E-state index in [2.05, 4.69) is 27.2 Å². The molecule has 3 aromatic rings. The molecule has 1 amide bonds. The first-order valence-electron chi connectivity index (χ1n) is 7.84. The van der Waals surface area contributed by atoms with Crippen molar-refractivity contribution in [3.63, 3.8) is 0 Å². The molecule has 0 radical (unpaired) electrons. The van der Waals surface area contributed by atoms with Gasteiger partial charge in [-0.05, 0) is 26.7 Å². The maximum Gasteiger partial charge on any atom is 0.263 e. The zero-order valence-electron chi connectivity index (χ0n) is 13.4. The van der Waals surface area contributed by atoms with Gasteiger partial charge in [-0.3, -0.25) is 14.0 Å². The van der Waals surface area contributed by atoms with Crippen molar-refractivity contribution in [1.82, 2.24) is 24.7 Å². The highest BCUT2D eigenvalue weighted by atomic mass is 32.1. The molecule has 4 rings (SSSR count). The Hall–Kier alpha value is -2.48. The van der Waals surface area contributed by atoms with E-state index < -0.39 is 5.91 Å². The van der Waals surface area contributed by atoms with E-state index in [4.69, 9.17) is 0 Å². The van der Waals surface area contributed by atoms with Crippen LogP contribution in [0.25, 0.3) is 4.96 Å². The lowest BCUT2D eigenvalue weighted by molar-refractivity contribution is 0.0948. The summed E-state index contributed by atoms with van der Waals surface area (Å²) in [7, 11) is 0. The Morgan fingerprint density at radius 3 is 2.92 bits per heavy atom. The fourth-order valence-corrected chi connectivity index (χ4v) is 3.56. The average Bonchev–Trinajstić information content (AvgIpc) is 3.28. The molecule has 0 atom stereocenters. The van der Waals surface area contributed by atoms with Gasteiger partial charge in [0.05, 0.1) is 12.2 Å². The SMILES string of the molecule is Cc1sc2nc(CNC(=O)c3cnc(C4CC4)[nH]c3=O)cn2c1C. The molecule has 0 bridgehead atoms. The summed E-state index contributed by atoms with van der Waals surface area (Å²) in [4.78, 5) is 37.8. The number of aryl methyl sites for hydroxylation is 2. The Morgan fingerprint density at radius 2 is 2.25 bits per heavy atom. The Kier molecular flexibility index (Phi) is 3.49. The van der Waals surface area contributed by atoms with Crippen LogP contribution in [0, 0.1) is 13.8 Å². The molecule has 0 unspecified atom stereocenters. The van der Waals surface area contributed by atoms with E-state index >= 15 is 0 Å². The third kappa shape index (κ3) is 2.62. The van der Waals surface area contributed by atoms with Gasteiger partial charge in [0, 0.05) is 28.9 Å². The molecular formula is C16H17N5O2S. The standard InChI is InChI=1S/C16H17N5O2S/c1-8-9(2)24-16-19-11(7-21(8)16)5-18-14(22)12-6-17-13(10-3-4-10)20-15(12)23/h6-7,10H,3-5H2,1-2H3,(H,18,22)(H,17,20,23). The molecule has 7 nitrogen and oxygen atoms in total. The molecule has 8 heteroatoms. The molecule has 0 aromatic carbocycles. The lowest BCUT2D eigenvalue weighted by Crippen LogP contribution is -2.30. The van der Waals surface area contributed by atoms with Crippen molar-refractivity contribution in [1.29, 1.82) is 0 Å². The topological polar surface area (TPSA) is 92.2 Å². The first-order chi connectivity index (χ1) is 11.5. The predicted molar refractivity (Wildman–Crippen MR) is 90.5 cm³/mol. The van der Waals surface area contributed by atoms with Gasteiger partial charge >= 0.3 is 0 Å². The van der Waals surface area contributed by atoms with Gasteiger partial charge in [-0.2, -0.15) is 0 Å². The number of fused-ring (bicyclic) bond motifs is 1. The van der Waals surface area contributed by atoms with Crippen LogP contribution in [0.3, 0.4) is 0 Å². The molecule has 124 valence electrons. The Morgan fingerprint density at radius 1 is 1.46 bits per heavy atom. The Bertz CT molecular complexity index is 996. The summed E-state index contributed by atoms with van der Waals surface area (Å²) < 4.78 is 2.01. The van der Waals surface area contributed by atoms with Crippen molar-refractivity contribution in [2.75, 3.05) is 0 Å². The second-order valence-electron chi connectivity index (χ2n) is 6.10. The van der Waals surface area contributed by atoms with E-state index in [0.717, 1.165) is 29.2 Å². The molecule has 1 saturated carbocycles. The van der Waals surface area contributed by atoms with Gasteiger partial charge in [0.1, 0.15) is 11.4 Å². The van der Waals surface area contributed by atoms with E-state index in [9.17, 15) is 9.59 Å². The van der Waals surface area contributed by atoms with E-state index in [0.29, 0.717) is 11.7 Å². The smallest absolute Gasteiger partial charge is 0.263 e. The summed E-state index contributed by atoms with van der Waals surface area (Å²) >= 11 is 1.62. The number of imidazole rings is 1. The number of amides is 1. The Balaban J connectivity index is 1.48. The van der Waals surface area contributed by atoms with Crippen molar-refractivity contribution < 1.29 is 4.79 Å². The van der Waals surface area contributed by atoms with Gasteiger partial charge in [0.25, 0.3) is 11.5 Å². The van der Waals surface area contributed by atoms with Gasteiger partial charge in [0.15, 0.2) is 4.96 Å². The number of carbonyl (C=O) groups is 1. The van der Waals surface area contributed by atoms with Crippen LogP contribution in [-0.4, -0.2) is 25.3 Å². The average molecular weight is 343 g/mol. The van der Waals surface area contributed by atoms with Crippen molar-refractivity contribution in [3.05, 3.63) is 50.4 Å². The lowest BCUT2D eigenvalue weighted by Gasteiger charge is -2.03. The molecule has 1 fully saturated rings. The van der Waals surface area contributed by atoms with Crippen molar-refractivity contribution in [3.8, 4) is 0 Å². The molecule has 3 heterocycles. The number of H-pyrrole nitrogens is 1. The molecule has 1 aliphatic carbocycles.